The number of carbonyl (C=O) groups is 2. The Hall–Kier alpha value is -2.64. The second kappa shape index (κ2) is 7.50. The van der Waals surface area contributed by atoms with Crippen LogP contribution in [0.15, 0.2) is 53.4 Å². The Morgan fingerprint density at radius 2 is 1.92 bits per heavy atom. The lowest BCUT2D eigenvalue weighted by Crippen LogP contribution is -2.55. The summed E-state index contributed by atoms with van der Waals surface area (Å²) in [6.45, 7) is 0.741. The number of para-hydroxylation sites is 1. The van der Waals surface area contributed by atoms with Crippen molar-refractivity contribution in [2.75, 3.05) is 13.1 Å². The van der Waals surface area contributed by atoms with Crippen molar-refractivity contribution < 1.29 is 24.5 Å². The number of thioether (sulfide) groups is 1. The Balaban J connectivity index is 1.85. The van der Waals surface area contributed by atoms with Gasteiger partial charge in [-0.2, -0.15) is 0 Å². The highest BCUT2D eigenvalue weighted by Gasteiger charge is 2.34. The molecule has 0 aliphatic carbocycles. The summed E-state index contributed by atoms with van der Waals surface area (Å²) in [6.07, 6.45) is 1.56. The third-order valence-electron chi connectivity index (χ3n) is 3.48. The first-order chi connectivity index (χ1) is 12.1. The molecular formula is C18H16FN2O3S+. The fourth-order valence-corrected chi connectivity index (χ4v) is 3.17. The van der Waals surface area contributed by atoms with Gasteiger partial charge in [-0.1, -0.05) is 24.3 Å². The molecule has 0 radical (unpaired) electrons. The van der Waals surface area contributed by atoms with Crippen molar-refractivity contribution in [1.82, 2.24) is 4.90 Å². The van der Waals surface area contributed by atoms with Gasteiger partial charge >= 0.3 is 0 Å². The molecule has 0 atom stereocenters. The van der Waals surface area contributed by atoms with Crippen LogP contribution in [0, 0.1) is 5.82 Å². The number of halogens is 1. The predicted octanol–water partition coefficient (Wildman–Crippen LogP) is 2.90. The highest BCUT2D eigenvalue weighted by atomic mass is 32.2. The minimum atomic E-state index is -0.508. The number of nitrogens with zero attached hydrogens (tertiary/aromatic N) is 1. The molecule has 1 heterocycles. The molecule has 1 aliphatic rings. The first kappa shape index (κ1) is 17.2. The first-order valence-corrected chi connectivity index (χ1v) is 8.47. The standard InChI is InChI=1S/C18H15FN2O3S/c19-14-7-6-12(10-15(14)24-13-4-2-1-3-5-13)11-16-17(22)21(9-8-20)18(23)25-16/h1-7,10-11H,8-9,20H2/p+1. The van der Waals surface area contributed by atoms with Crippen molar-refractivity contribution in [2.45, 2.75) is 0 Å². The summed E-state index contributed by atoms with van der Waals surface area (Å²) < 4.78 is 19.5. The molecule has 128 valence electrons. The van der Waals surface area contributed by atoms with E-state index in [2.05, 4.69) is 5.73 Å². The molecule has 0 unspecified atom stereocenters. The Labute approximate surface area is 148 Å². The monoisotopic (exact) mass is 359 g/mol. The van der Waals surface area contributed by atoms with E-state index >= 15 is 0 Å². The van der Waals surface area contributed by atoms with Gasteiger partial charge in [-0.05, 0) is 47.7 Å². The van der Waals surface area contributed by atoms with E-state index in [4.69, 9.17) is 4.74 Å². The van der Waals surface area contributed by atoms with E-state index in [-0.39, 0.29) is 23.4 Å². The summed E-state index contributed by atoms with van der Waals surface area (Å²) >= 11 is 0.867. The van der Waals surface area contributed by atoms with Crippen LogP contribution in [0.1, 0.15) is 5.56 Å². The summed E-state index contributed by atoms with van der Waals surface area (Å²) in [5, 5.41) is -0.317. The summed E-state index contributed by atoms with van der Waals surface area (Å²) in [7, 11) is 0. The fourth-order valence-electron chi connectivity index (χ4n) is 2.31. The van der Waals surface area contributed by atoms with Gasteiger partial charge in [-0.15, -0.1) is 0 Å². The molecular weight excluding hydrogens is 343 g/mol. The van der Waals surface area contributed by atoms with Crippen LogP contribution in [0.4, 0.5) is 9.18 Å². The van der Waals surface area contributed by atoms with E-state index in [9.17, 15) is 14.0 Å². The van der Waals surface area contributed by atoms with Gasteiger partial charge in [-0.3, -0.25) is 14.5 Å². The Morgan fingerprint density at radius 3 is 2.64 bits per heavy atom. The van der Waals surface area contributed by atoms with Crippen LogP contribution in [0.3, 0.4) is 0 Å². The van der Waals surface area contributed by atoms with E-state index < -0.39 is 5.82 Å². The van der Waals surface area contributed by atoms with Gasteiger partial charge in [0.25, 0.3) is 11.1 Å². The second-order valence-electron chi connectivity index (χ2n) is 5.29. The molecule has 1 saturated heterocycles. The van der Waals surface area contributed by atoms with Crippen LogP contribution in [0.25, 0.3) is 6.08 Å². The van der Waals surface area contributed by atoms with Crippen molar-refractivity contribution >= 4 is 29.0 Å². The fraction of sp³-hybridized carbons (Fsp3) is 0.111. The highest BCUT2D eigenvalue weighted by molar-refractivity contribution is 8.18. The average molecular weight is 359 g/mol. The molecule has 2 aromatic rings. The molecule has 0 spiro atoms. The highest BCUT2D eigenvalue weighted by Crippen LogP contribution is 2.33. The summed E-state index contributed by atoms with van der Waals surface area (Å²) in [6, 6.07) is 13.1. The Morgan fingerprint density at radius 1 is 1.16 bits per heavy atom. The maximum atomic E-state index is 14.0. The maximum absolute atomic E-state index is 14.0. The minimum Gasteiger partial charge on any atom is -0.454 e. The summed E-state index contributed by atoms with van der Waals surface area (Å²) in [4.78, 5) is 25.6. The lowest BCUT2D eigenvalue weighted by molar-refractivity contribution is -0.367. The molecule has 5 nitrogen and oxygen atoms in total. The third-order valence-corrected chi connectivity index (χ3v) is 4.39. The normalized spacial score (nSPS) is 15.9. The number of carbonyl (C=O) groups excluding carboxylic acids is 2. The zero-order chi connectivity index (χ0) is 17.8. The molecule has 2 aromatic carbocycles. The van der Waals surface area contributed by atoms with Gasteiger partial charge in [0.1, 0.15) is 5.75 Å². The molecule has 0 saturated carbocycles. The molecule has 0 aromatic heterocycles. The third kappa shape index (κ3) is 3.89. The van der Waals surface area contributed by atoms with Crippen LogP contribution in [-0.4, -0.2) is 29.1 Å². The van der Waals surface area contributed by atoms with E-state index in [0.29, 0.717) is 22.8 Å². The van der Waals surface area contributed by atoms with Gasteiger partial charge in [0.2, 0.25) is 0 Å². The van der Waals surface area contributed by atoms with E-state index in [1.54, 1.807) is 30.3 Å². The number of amides is 2. The summed E-state index contributed by atoms with van der Waals surface area (Å²) in [5.74, 6) is -0.300. The molecule has 2 amide bonds. The number of benzene rings is 2. The van der Waals surface area contributed by atoms with Gasteiger partial charge in [0, 0.05) is 0 Å². The number of ether oxygens (including phenoxy) is 1. The smallest absolute Gasteiger partial charge is 0.293 e. The topological polar surface area (TPSA) is 74.2 Å². The van der Waals surface area contributed by atoms with E-state index in [1.807, 2.05) is 6.07 Å². The lowest BCUT2D eigenvalue weighted by Gasteiger charge is -2.08. The van der Waals surface area contributed by atoms with Gasteiger partial charge in [0.05, 0.1) is 18.0 Å². The quantitative estimate of drug-likeness (QED) is 0.833. The first-order valence-electron chi connectivity index (χ1n) is 7.65. The molecule has 25 heavy (non-hydrogen) atoms. The van der Waals surface area contributed by atoms with Crippen molar-refractivity contribution in [3.8, 4) is 11.5 Å². The van der Waals surface area contributed by atoms with Crippen molar-refractivity contribution in [3.63, 3.8) is 0 Å². The lowest BCUT2D eigenvalue weighted by atomic mass is 10.2. The van der Waals surface area contributed by atoms with Crippen LogP contribution in [-0.2, 0) is 4.79 Å². The largest absolute Gasteiger partial charge is 0.454 e. The number of imide groups is 1. The second-order valence-corrected chi connectivity index (χ2v) is 6.29. The van der Waals surface area contributed by atoms with Crippen molar-refractivity contribution in [2.24, 2.45) is 0 Å². The zero-order valence-electron chi connectivity index (χ0n) is 13.3. The molecule has 3 rings (SSSR count). The van der Waals surface area contributed by atoms with E-state index in [0.717, 1.165) is 16.7 Å². The maximum Gasteiger partial charge on any atom is 0.293 e. The number of quaternary nitrogens is 1. The Kier molecular flexibility index (Phi) is 5.16. The SMILES string of the molecule is [NH3+]CCN1C(=O)SC(=Cc2ccc(F)c(Oc3ccccc3)c2)C1=O. The minimum absolute atomic E-state index is 0.0527. The molecule has 3 N–H and O–H groups in total. The van der Waals surface area contributed by atoms with Crippen LogP contribution in [0.5, 0.6) is 11.5 Å². The van der Waals surface area contributed by atoms with Crippen LogP contribution in [0.2, 0.25) is 0 Å². The van der Waals surface area contributed by atoms with Crippen molar-refractivity contribution in [1.29, 1.82) is 0 Å². The number of hydrogen-bond acceptors (Lipinski definition) is 4. The van der Waals surface area contributed by atoms with Gasteiger partial charge in [0.15, 0.2) is 11.6 Å². The summed E-state index contributed by atoms with van der Waals surface area (Å²) in [5.41, 5.74) is 4.23. The van der Waals surface area contributed by atoms with Gasteiger partial charge in [-0.25, -0.2) is 4.39 Å². The molecule has 1 fully saturated rings. The van der Waals surface area contributed by atoms with Crippen LogP contribution >= 0.6 is 11.8 Å². The molecule has 7 heteroatoms. The van der Waals surface area contributed by atoms with E-state index in [1.165, 1.54) is 18.2 Å². The number of rotatable bonds is 5. The number of hydrogen-bond donors (Lipinski definition) is 1. The average Bonchev–Trinajstić information content (AvgIpc) is 2.87. The molecule has 1 aliphatic heterocycles. The molecule has 0 bridgehead atoms. The van der Waals surface area contributed by atoms with Crippen molar-refractivity contribution in [3.05, 3.63) is 64.8 Å². The predicted molar refractivity (Wildman–Crippen MR) is 93.3 cm³/mol. The zero-order valence-corrected chi connectivity index (χ0v) is 14.1. The van der Waals surface area contributed by atoms with Gasteiger partial charge < -0.3 is 10.5 Å². The Bertz CT molecular complexity index is 839. The van der Waals surface area contributed by atoms with Crippen LogP contribution < -0.4 is 10.5 Å².